The average Bonchev–Trinajstić information content (AvgIpc) is 4.14. The molecule has 0 saturated carbocycles. The highest BCUT2D eigenvalue weighted by atomic mass is 32.2. The van der Waals surface area contributed by atoms with Gasteiger partial charge in [-0.1, -0.05) is 12.8 Å². The molecule has 0 spiro atoms. The summed E-state index contributed by atoms with van der Waals surface area (Å²) in [7, 11) is 0. The molecule has 0 aromatic heterocycles. The first-order valence-electron chi connectivity index (χ1n) is 31.8. The zero-order valence-corrected chi connectivity index (χ0v) is 53.7. The number of nitrogens with one attached hydrogen (secondary N) is 9. The van der Waals surface area contributed by atoms with Gasteiger partial charge >= 0.3 is 12.1 Å². The molecule has 26 nitrogen and oxygen atoms in total. The van der Waals surface area contributed by atoms with E-state index in [1.807, 2.05) is 30.4 Å². The Bertz CT molecular complexity index is 2110. The first-order chi connectivity index (χ1) is 43.0. The summed E-state index contributed by atoms with van der Waals surface area (Å²) in [5.41, 5.74) is 6.21. The first kappa shape index (κ1) is 75.9. The SMILES string of the molecule is CC1NC(=O)NC1CSCCCCCC(=O)NCCCOCCOCCOCCCNC(=O)c1cc(NC(=O)CCCCOCCOCCOCCCN)cc(C(=O)NCCCOCCOCCOCCNC(=O)CCCCC2SCC3NC(=O)NC32)c1. The van der Waals surface area contributed by atoms with Crippen LogP contribution >= 0.6 is 23.5 Å². The van der Waals surface area contributed by atoms with Gasteiger partial charge in [-0.15, -0.1) is 0 Å². The molecule has 5 unspecified atom stereocenters. The highest BCUT2D eigenvalue weighted by Gasteiger charge is 2.42. The van der Waals surface area contributed by atoms with Crippen LogP contribution in [0, 0.1) is 0 Å². The zero-order valence-electron chi connectivity index (χ0n) is 52.0. The van der Waals surface area contributed by atoms with Crippen LogP contribution in [0.4, 0.5) is 15.3 Å². The summed E-state index contributed by atoms with van der Waals surface area (Å²) in [4.78, 5) is 87.2. The van der Waals surface area contributed by atoms with E-state index in [1.165, 1.54) is 6.07 Å². The summed E-state index contributed by atoms with van der Waals surface area (Å²) < 4.78 is 50.3. The second-order valence-electron chi connectivity index (χ2n) is 21.5. The van der Waals surface area contributed by atoms with E-state index in [9.17, 15) is 33.6 Å². The van der Waals surface area contributed by atoms with Gasteiger partial charge in [-0.25, -0.2) is 9.59 Å². The van der Waals surface area contributed by atoms with Crippen LogP contribution in [0.15, 0.2) is 18.2 Å². The van der Waals surface area contributed by atoms with Gasteiger partial charge in [0.05, 0.1) is 104 Å². The van der Waals surface area contributed by atoms with Crippen molar-refractivity contribution in [3.8, 4) is 0 Å². The second-order valence-corrected chi connectivity index (χ2v) is 23.9. The van der Waals surface area contributed by atoms with Crippen molar-refractivity contribution >= 4 is 70.8 Å². The lowest BCUT2D eigenvalue weighted by molar-refractivity contribution is -0.122. The maximum Gasteiger partial charge on any atom is 0.315 e. The number of rotatable bonds is 57. The van der Waals surface area contributed by atoms with Crippen LogP contribution in [0.2, 0.25) is 0 Å². The van der Waals surface area contributed by atoms with E-state index in [2.05, 4.69) is 47.9 Å². The third-order valence-corrected chi connectivity index (χ3v) is 16.8. The summed E-state index contributed by atoms with van der Waals surface area (Å²) in [5.74, 6) is 1.81. The van der Waals surface area contributed by atoms with Crippen molar-refractivity contribution in [2.45, 2.75) is 133 Å². The number of hydrogen-bond acceptors (Lipinski definition) is 19. The summed E-state index contributed by atoms with van der Waals surface area (Å²) in [6.45, 7) is 11.9. The fourth-order valence-electron chi connectivity index (χ4n) is 9.26. The van der Waals surface area contributed by atoms with E-state index in [4.69, 9.17) is 48.4 Å². The Morgan fingerprint density at radius 1 is 0.500 bits per heavy atom. The summed E-state index contributed by atoms with van der Waals surface area (Å²) in [6.07, 6.45) is 10.6. The molecule has 502 valence electrons. The summed E-state index contributed by atoms with van der Waals surface area (Å²) in [5, 5.41) is 26.6. The lowest BCUT2D eigenvalue weighted by Gasteiger charge is -2.16. The van der Waals surface area contributed by atoms with E-state index in [-0.39, 0.29) is 71.5 Å². The monoisotopic (exact) mass is 1280 g/mol. The molecular weight excluding hydrogens is 1180 g/mol. The van der Waals surface area contributed by atoms with Gasteiger partial charge in [0.2, 0.25) is 17.7 Å². The second kappa shape index (κ2) is 50.1. The number of anilines is 1. The number of carbonyl (C=O) groups excluding carboxylic acids is 7. The van der Waals surface area contributed by atoms with Gasteiger partial charge in [-0.05, 0) is 102 Å². The van der Waals surface area contributed by atoms with E-state index in [0.717, 1.165) is 62.2 Å². The molecule has 0 aliphatic carbocycles. The smallest absolute Gasteiger partial charge is 0.315 e. The first-order valence-corrected chi connectivity index (χ1v) is 34.0. The molecule has 11 N–H and O–H groups in total. The average molecular weight is 1290 g/mol. The number of urea groups is 2. The molecule has 5 atom stereocenters. The maximum absolute atomic E-state index is 13.4. The Hall–Kier alpha value is -4.59. The van der Waals surface area contributed by atoms with Gasteiger partial charge in [-0.2, -0.15) is 23.5 Å². The number of unbranched alkanes of at least 4 members (excludes halogenated alkanes) is 4. The lowest BCUT2D eigenvalue weighted by atomic mass is 10.0. The number of amides is 9. The third kappa shape index (κ3) is 36.9. The Labute approximate surface area is 529 Å². The molecule has 9 amide bonds. The molecule has 28 heteroatoms. The summed E-state index contributed by atoms with van der Waals surface area (Å²) in [6, 6.07) is 5.13. The van der Waals surface area contributed by atoms with Crippen LogP contribution in [-0.4, -0.2) is 240 Å². The van der Waals surface area contributed by atoms with Crippen molar-refractivity contribution in [2.24, 2.45) is 5.73 Å². The quantitative estimate of drug-likeness (QED) is 0.0331. The van der Waals surface area contributed by atoms with Crippen molar-refractivity contribution in [3.63, 3.8) is 0 Å². The molecular formula is C60H104N10O16S2. The molecule has 3 aliphatic heterocycles. The standard InChI is InChI=1S/C60H104N10O16S2/c1-46-50(68-59(76)66-46)44-87-40-8-2-3-14-53(71)62-18-10-24-80-30-36-85-37-31-81-25-11-19-64-57(74)47-41-48(43-49(42-47)67-55(73)16-6-7-22-78-28-34-84-35-29-79-23-9-17-61)58(75)65-20-12-26-82-32-38-86-39-33-83-27-21-63-54(72)15-5-4-13-52-56-51(45-88-52)69-60(77)70-56/h41-43,46,50-52,56H,2-40,44-45,61H2,1H3,(H,62,71)(H,63,72)(H,64,74)(H,65,75)(H,67,73)(H2,66,68,76)(H2,69,70,77). The van der Waals surface area contributed by atoms with Gasteiger partial charge in [0.1, 0.15) is 0 Å². The molecule has 3 heterocycles. The molecule has 1 aromatic carbocycles. The number of fused-ring (bicyclic) bond motifs is 1. The predicted molar refractivity (Wildman–Crippen MR) is 339 cm³/mol. The Balaban J connectivity index is 1.00. The predicted octanol–water partition coefficient (Wildman–Crippen LogP) is 3.25. The van der Waals surface area contributed by atoms with Crippen LogP contribution in [0.25, 0.3) is 0 Å². The van der Waals surface area contributed by atoms with Crippen LogP contribution in [0.5, 0.6) is 0 Å². The lowest BCUT2D eigenvalue weighted by Crippen LogP contribution is -2.36. The van der Waals surface area contributed by atoms with E-state index >= 15 is 0 Å². The number of ether oxygens (including phenoxy) is 9. The minimum absolute atomic E-state index is 0.00250. The number of thioether (sulfide) groups is 2. The Kier molecular flexibility index (Phi) is 43.2. The topological polar surface area (TPSA) is 337 Å². The normalized spacial score (nSPS) is 17.6. The third-order valence-electron chi connectivity index (χ3n) is 14.1. The number of carbonyl (C=O) groups is 7. The van der Waals surface area contributed by atoms with E-state index in [0.29, 0.717) is 208 Å². The summed E-state index contributed by atoms with van der Waals surface area (Å²) >= 11 is 3.71. The van der Waals surface area contributed by atoms with Crippen molar-refractivity contribution < 1.29 is 76.2 Å². The van der Waals surface area contributed by atoms with E-state index in [1.54, 1.807) is 12.1 Å². The molecule has 1 aromatic rings. The van der Waals surface area contributed by atoms with Gasteiger partial charge in [0.15, 0.2) is 0 Å². The fraction of sp³-hybridized carbons (Fsp3) is 0.783. The van der Waals surface area contributed by atoms with Crippen LogP contribution in [-0.2, 0) is 57.0 Å². The highest BCUT2D eigenvalue weighted by molar-refractivity contribution is 8.00. The van der Waals surface area contributed by atoms with Crippen molar-refractivity contribution in [1.29, 1.82) is 0 Å². The molecule has 3 saturated heterocycles. The van der Waals surface area contributed by atoms with Crippen LogP contribution < -0.4 is 53.6 Å². The van der Waals surface area contributed by atoms with Gasteiger partial charge < -0.3 is 96.2 Å². The van der Waals surface area contributed by atoms with Crippen LogP contribution in [0.1, 0.15) is 124 Å². The van der Waals surface area contributed by atoms with Crippen molar-refractivity contribution in [2.75, 3.05) is 174 Å². The maximum atomic E-state index is 13.4. The molecule has 3 fully saturated rings. The molecule has 3 aliphatic rings. The minimum Gasteiger partial charge on any atom is -0.379 e. The van der Waals surface area contributed by atoms with Crippen LogP contribution in [0.3, 0.4) is 0 Å². The van der Waals surface area contributed by atoms with Crippen molar-refractivity contribution in [1.82, 2.24) is 42.5 Å². The van der Waals surface area contributed by atoms with Gasteiger partial charge in [0, 0.05) is 118 Å². The van der Waals surface area contributed by atoms with Gasteiger partial charge in [-0.3, -0.25) is 24.0 Å². The number of nitrogens with two attached hydrogens (primary N) is 1. The zero-order chi connectivity index (χ0) is 62.9. The largest absolute Gasteiger partial charge is 0.379 e. The van der Waals surface area contributed by atoms with E-state index < -0.39 is 11.8 Å². The Morgan fingerprint density at radius 2 is 0.966 bits per heavy atom. The molecule has 88 heavy (non-hydrogen) atoms. The molecule has 0 radical (unpaired) electrons. The Morgan fingerprint density at radius 3 is 1.51 bits per heavy atom. The highest BCUT2D eigenvalue weighted by Crippen LogP contribution is 2.33. The van der Waals surface area contributed by atoms with Gasteiger partial charge in [0.25, 0.3) is 11.8 Å². The van der Waals surface area contributed by atoms with Crippen molar-refractivity contribution in [3.05, 3.63) is 29.3 Å². The number of benzene rings is 1. The minimum atomic E-state index is -0.408. The number of hydrogen-bond donors (Lipinski definition) is 10. The molecule has 0 bridgehead atoms. The molecule has 4 rings (SSSR count). The fourth-order valence-corrected chi connectivity index (χ4v) is 12.0.